The van der Waals surface area contributed by atoms with Crippen LogP contribution < -0.4 is 5.32 Å². The van der Waals surface area contributed by atoms with Gasteiger partial charge >= 0.3 is 0 Å². The molecule has 2 rings (SSSR count). The number of nitrogens with one attached hydrogen (secondary N) is 1. The van der Waals surface area contributed by atoms with E-state index in [-0.39, 0.29) is 6.04 Å². The first kappa shape index (κ1) is 15.1. The summed E-state index contributed by atoms with van der Waals surface area (Å²) in [4.78, 5) is 0. The zero-order valence-corrected chi connectivity index (χ0v) is 13.3. The lowest BCUT2D eigenvalue weighted by atomic mass is 10.0. The van der Waals surface area contributed by atoms with Crippen molar-refractivity contribution < 1.29 is 0 Å². The van der Waals surface area contributed by atoms with Gasteiger partial charge in [0, 0.05) is 17.1 Å². The fourth-order valence-electron chi connectivity index (χ4n) is 2.42. The molecule has 0 aliphatic rings. The lowest BCUT2D eigenvalue weighted by Crippen LogP contribution is -2.22. The van der Waals surface area contributed by atoms with Crippen molar-refractivity contribution in [3.8, 4) is 0 Å². The first-order chi connectivity index (χ1) is 9.49. The van der Waals surface area contributed by atoms with E-state index >= 15 is 0 Å². The zero-order valence-electron chi connectivity index (χ0n) is 12.6. The number of hydrogen-bond acceptors (Lipinski definition) is 1. The predicted octanol–water partition coefficient (Wildman–Crippen LogP) is 5.37. The Morgan fingerprint density at radius 3 is 2.25 bits per heavy atom. The Kier molecular flexibility index (Phi) is 4.85. The molecule has 106 valence electrons. The minimum Gasteiger partial charge on any atom is -0.304 e. The molecule has 0 heterocycles. The lowest BCUT2D eigenvalue weighted by molar-refractivity contribution is 0.494. The topological polar surface area (TPSA) is 12.0 Å². The highest BCUT2D eigenvalue weighted by atomic mass is 35.5. The predicted molar refractivity (Wildman–Crippen MR) is 87.3 cm³/mol. The Bertz CT molecular complexity index is 592. The molecule has 0 aliphatic carbocycles. The molecule has 20 heavy (non-hydrogen) atoms. The summed E-state index contributed by atoms with van der Waals surface area (Å²) in [6.07, 6.45) is 0. The summed E-state index contributed by atoms with van der Waals surface area (Å²) >= 11 is 6.25. The van der Waals surface area contributed by atoms with Crippen molar-refractivity contribution in [2.45, 2.75) is 39.8 Å². The molecule has 1 N–H and O–H groups in total. The largest absolute Gasteiger partial charge is 0.304 e. The van der Waals surface area contributed by atoms with Crippen molar-refractivity contribution >= 4 is 11.6 Å². The Balaban J connectivity index is 2.13. The van der Waals surface area contributed by atoms with Crippen molar-refractivity contribution in [3.05, 3.63) is 69.7 Å². The minimum absolute atomic E-state index is 0.223. The normalized spacial score (nSPS) is 14.1. The van der Waals surface area contributed by atoms with Crippen LogP contribution in [-0.2, 0) is 0 Å². The second kappa shape index (κ2) is 6.43. The number of hydrogen-bond donors (Lipinski definition) is 1. The summed E-state index contributed by atoms with van der Waals surface area (Å²) in [6.45, 7) is 8.64. The number of benzene rings is 2. The first-order valence-electron chi connectivity index (χ1n) is 7.06. The fourth-order valence-corrected chi connectivity index (χ4v) is 2.72. The Morgan fingerprint density at radius 2 is 1.60 bits per heavy atom. The Morgan fingerprint density at radius 1 is 0.900 bits per heavy atom. The summed E-state index contributed by atoms with van der Waals surface area (Å²) in [5.41, 5.74) is 5.12. The van der Waals surface area contributed by atoms with Crippen molar-refractivity contribution in [2.24, 2.45) is 0 Å². The maximum atomic E-state index is 6.25. The van der Waals surface area contributed by atoms with Gasteiger partial charge < -0.3 is 5.32 Å². The molecule has 2 aromatic rings. The van der Waals surface area contributed by atoms with E-state index in [0.29, 0.717) is 6.04 Å². The quantitative estimate of drug-likeness (QED) is 0.797. The number of aryl methyl sites for hydroxylation is 2. The maximum absolute atomic E-state index is 6.25. The molecule has 0 aliphatic heterocycles. The van der Waals surface area contributed by atoms with Gasteiger partial charge in [0.2, 0.25) is 0 Å². The highest BCUT2D eigenvalue weighted by Gasteiger charge is 2.13. The van der Waals surface area contributed by atoms with Gasteiger partial charge in [-0.3, -0.25) is 0 Å². The van der Waals surface area contributed by atoms with Crippen molar-refractivity contribution in [1.29, 1.82) is 0 Å². The maximum Gasteiger partial charge on any atom is 0.0453 e. The standard InChI is InChI=1S/C18H22ClN/c1-12-9-10-16(11-13(12)2)14(3)20-15(4)17-7-5-6-8-18(17)19/h5-11,14-15,20H,1-4H3. The van der Waals surface area contributed by atoms with E-state index in [9.17, 15) is 0 Å². The van der Waals surface area contributed by atoms with E-state index in [1.165, 1.54) is 16.7 Å². The molecule has 2 heteroatoms. The van der Waals surface area contributed by atoms with Crippen molar-refractivity contribution in [1.82, 2.24) is 5.32 Å². The van der Waals surface area contributed by atoms with Gasteiger partial charge in [0.25, 0.3) is 0 Å². The van der Waals surface area contributed by atoms with Crippen LogP contribution in [0.25, 0.3) is 0 Å². The van der Waals surface area contributed by atoms with E-state index in [2.05, 4.69) is 57.3 Å². The van der Waals surface area contributed by atoms with Gasteiger partial charge in [-0.2, -0.15) is 0 Å². The number of rotatable bonds is 4. The Hall–Kier alpha value is -1.31. The van der Waals surface area contributed by atoms with E-state index in [4.69, 9.17) is 11.6 Å². The SMILES string of the molecule is Cc1ccc(C(C)NC(C)c2ccccc2Cl)cc1C. The zero-order chi connectivity index (χ0) is 14.7. The van der Waals surface area contributed by atoms with Crippen LogP contribution in [0.1, 0.15) is 48.2 Å². The summed E-state index contributed by atoms with van der Waals surface area (Å²) < 4.78 is 0. The van der Waals surface area contributed by atoms with Gasteiger partial charge in [-0.05, 0) is 56.0 Å². The third-order valence-electron chi connectivity index (χ3n) is 3.90. The molecule has 0 bridgehead atoms. The second-order valence-electron chi connectivity index (χ2n) is 5.48. The molecule has 0 aromatic heterocycles. The van der Waals surface area contributed by atoms with Crippen LogP contribution in [0.3, 0.4) is 0 Å². The highest BCUT2D eigenvalue weighted by molar-refractivity contribution is 6.31. The van der Waals surface area contributed by atoms with Crippen molar-refractivity contribution in [3.63, 3.8) is 0 Å². The van der Waals surface area contributed by atoms with Crippen molar-refractivity contribution in [2.75, 3.05) is 0 Å². The molecular weight excluding hydrogens is 266 g/mol. The average Bonchev–Trinajstić information content (AvgIpc) is 2.42. The van der Waals surface area contributed by atoms with E-state index in [1.54, 1.807) is 0 Å². The fraction of sp³-hybridized carbons (Fsp3) is 0.333. The van der Waals surface area contributed by atoms with Crippen LogP contribution in [0.2, 0.25) is 5.02 Å². The van der Waals surface area contributed by atoms with Crippen LogP contribution in [0, 0.1) is 13.8 Å². The summed E-state index contributed by atoms with van der Waals surface area (Å²) in [5, 5.41) is 4.43. The molecule has 0 saturated heterocycles. The summed E-state index contributed by atoms with van der Waals surface area (Å²) in [7, 11) is 0. The third-order valence-corrected chi connectivity index (χ3v) is 4.25. The summed E-state index contributed by atoms with van der Waals surface area (Å²) in [5.74, 6) is 0. The lowest BCUT2D eigenvalue weighted by Gasteiger charge is -2.22. The molecule has 2 aromatic carbocycles. The molecule has 0 spiro atoms. The molecular formula is C18H22ClN. The van der Waals surface area contributed by atoms with Crippen LogP contribution in [-0.4, -0.2) is 0 Å². The van der Waals surface area contributed by atoms with E-state index in [1.807, 2.05) is 18.2 Å². The van der Waals surface area contributed by atoms with Gasteiger partial charge in [-0.1, -0.05) is 48.0 Å². The Labute approximate surface area is 127 Å². The molecule has 0 saturated carbocycles. The van der Waals surface area contributed by atoms with Gasteiger partial charge in [-0.15, -0.1) is 0 Å². The second-order valence-corrected chi connectivity index (χ2v) is 5.88. The van der Waals surface area contributed by atoms with E-state index in [0.717, 1.165) is 10.6 Å². The highest BCUT2D eigenvalue weighted by Crippen LogP contribution is 2.25. The molecule has 0 radical (unpaired) electrons. The minimum atomic E-state index is 0.223. The van der Waals surface area contributed by atoms with Gasteiger partial charge in [0.15, 0.2) is 0 Å². The monoisotopic (exact) mass is 287 g/mol. The van der Waals surface area contributed by atoms with Gasteiger partial charge in [-0.25, -0.2) is 0 Å². The van der Waals surface area contributed by atoms with Crippen LogP contribution in [0.5, 0.6) is 0 Å². The molecule has 0 amide bonds. The molecule has 1 nitrogen and oxygen atoms in total. The van der Waals surface area contributed by atoms with E-state index < -0.39 is 0 Å². The number of halogens is 1. The molecule has 0 fully saturated rings. The first-order valence-corrected chi connectivity index (χ1v) is 7.44. The third kappa shape index (κ3) is 3.41. The van der Waals surface area contributed by atoms with Crippen LogP contribution in [0.15, 0.2) is 42.5 Å². The molecule has 2 unspecified atom stereocenters. The average molecular weight is 288 g/mol. The molecule has 2 atom stereocenters. The van der Waals surface area contributed by atoms with Gasteiger partial charge in [0.05, 0.1) is 0 Å². The van der Waals surface area contributed by atoms with Crippen LogP contribution in [0.4, 0.5) is 0 Å². The smallest absolute Gasteiger partial charge is 0.0453 e. The van der Waals surface area contributed by atoms with Crippen LogP contribution >= 0.6 is 11.6 Å². The summed E-state index contributed by atoms with van der Waals surface area (Å²) in [6, 6.07) is 15.2. The van der Waals surface area contributed by atoms with Gasteiger partial charge in [0.1, 0.15) is 0 Å².